The molecule has 3 aromatic rings. The van der Waals surface area contributed by atoms with Crippen LogP contribution in [0, 0.1) is 18.3 Å². The highest BCUT2D eigenvalue weighted by Crippen LogP contribution is 2.30. The van der Waals surface area contributed by atoms with Gasteiger partial charge in [0.05, 0.1) is 22.2 Å². The van der Waals surface area contributed by atoms with Crippen LogP contribution in [0.2, 0.25) is 0 Å². The second-order valence-corrected chi connectivity index (χ2v) is 10.2. The third-order valence-electron chi connectivity index (χ3n) is 6.21. The zero-order valence-corrected chi connectivity index (χ0v) is 19.7. The van der Waals surface area contributed by atoms with Crippen molar-refractivity contribution in [3.63, 3.8) is 0 Å². The lowest BCUT2D eigenvalue weighted by molar-refractivity contribution is 0.0713. The minimum Gasteiger partial charge on any atom is -0.399 e. The average molecular weight is 475 g/mol. The first-order chi connectivity index (χ1) is 16.3. The molecule has 1 fully saturated rings. The average Bonchev–Trinajstić information content (AvgIpc) is 2.85. The van der Waals surface area contributed by atoms with Crippen molar-refractivity contribution in [2.75, 3.05) is 23.5 Å². The Morgan fingerprint density at radius 2 is 1.68 bits per heavy atom. The highest BCUT2D eigenvalue weighted by Gasteiger charge is 2.25. The maximum absolute atomic E-state index is 13.2. The minimum absolute atomic E-state index is 0.0485. The SMILES string of the molecule is Cc1ccc(C(=O)N2CCC(c3ccc(N)cc3)CC2)cc1NS(=O)(=O)c1ccc(C#N)cc1. The number of nitrogens with one attached hydrogen (secondary N) is 1. The molecule has 0 saturated carbocycles. The van der Waals surface area contributed by atoms with Gasteiger partial charge in [-0.2, -0.15) is 5.26 Å². The monoisotopic (exact) mass is 474 g/mol. The molecule has 34 heavy (non-hydrogen) atoms. The number of hydrogen-bond donors (Lipinski definition) is 2. The number of aryl methyl sites for hydroxylation is 1. The van der Waals surface area contributed by atoms with Crippen LogP contribution in [0.15, 0.2) is 71.6 Å². The van der Waals surface area contributed by atoms with Gasteiger partial charge < -0.3 is 10.6 Å². The van der Waals surface area contributed by atoms with E-state index in [0.29, 0.717) is 41.4 Å². The zero-order valence-electron chi connectivity index (χ0n) is 18.9. The van der Waals surface area contributed by atoms with Crippen molar-refractivity contribution in [1.29, 1.82) is 5.26 Å². The Labute approximate surface area is 199 Å². The highest BCUT2D eigenvalue weighted by atomic mass is 32.2. The predicted molar refractivity (Wildman–Crippen MR) is 132 cm³/mol. The number of nitrogens with two attached hydrogens (primary N) is 1. The van der Waals surface area contributed by atoms with Gasteiger partial charge in [-0.1, -0.05) is 18.2 Å². The minimum atomic E-state index is -3.86. The molecule has 0 radical (unpaired) electrons. The maximum Gasteiger partial charge on any atom is 0.261 e. The summed E-state index contributed by atoms with van der Waals surface area (Å²) in [6, 6.07) is 20.6. The summed E-state index contributed by atoms with van der Waals surface area (Å²) >= 11 is 0. The first kappa shape index (κ1) is 23.3. The van der Waals surface area contributed by atoms with Crippen molar-refractivity contribution in [2.45, 2.75) is 30.6 Å². The van der Waals surface area contributed by atoms with Crippen LogP contribution < -0.4 is 10.5 Å². The number of benzene rings is 3. The van der Waals surface area contributed by atoms with Gasteiger partial charge >= 0.3 is 0 Å². The fraction of sp³-hybridized carbons (Fsp3) is 0.231. The van der Waals surface area contributed by atoms with E-state index < -0.39 is 10.0 Å². The van der Waals surface area contributed by atoms with Crippen molar-refractivity contribution in [3.05, 3.63) is 89.0 Å². The number of hydrogen-bond acceptors (Lipinski definition) is 5. The predicted octanol–water partition coefficient (Wildman–Crippen LogP) is 4.27. The Balaban J connectivity index is 1.46. The summed E-state index contributed by atoms with van der Waals surface area (Å²) in [6.45, 7) is 3.05. The molecule has 1 saturated heterocycles. The summed E-state index contributed by atoms with van der Waals surface area (Å²) in [5, 5.41) is 8.92. The Bertz CT molecular complexity index is 1340. The quantitative estimate of drug-likeness (QED) is 0.536. The van der Waals surface area contributed by atoms with Crippen molar-refractivity contribution in [1.82, 2.24) is 4.90 Å². The van der Waals surface area contributed by atoms with Gasteiger partial charge in [0.15, 0.2) is 0 Å². The first-order valence-corrected chi connectivity index (χ1v) is 12.5. The van der Waals surface area contributed by atoms with Crippen LogP contribution in [0.4, 0.5) is 11.4 Å². The number of nitrogen functional groups attached to an aromatic ring is 1. The largest absolute Gasteiger partial charge is 0.399 e. The van der Waals surface area contributed by atoms with Crippen LogP contribution in [-0.2, 0) is 10.0 Å². The third kappa shape index (κ3) is 5.05. The zero-order chi connectivity index (χ0) is 24.3. The van der Waals surface area contributed by atoms with E-state index in [2.05, 4.69) is 4.72 Å². The van der Waals surface area contributed by atoms with E-state index in [-0.39, 0.29) is 10.8 Å². The Kier molecular flexibility index (Phi) is 6.57. The highest BCUT2D eigenvalue weighted by molar-refractivity contribution is 7.92. The van der Waals surface area contributed by atoms with Gasteiger partial charge in [0.1, 0.15) is 0 Å². The van der Waals surface area contributed by atoms with Gasteiger partial charge in [0, 0.05) is 24.3 Å². The molecule has 1 aliphatic rings. The molecule has 7 nitrogen and oxygen atoms in total. The molecule has 1 heterocycles. The van der Waals surface area contributed by atoms with Gasteiger partial charge in [-0.25, -0.2) is 8.42 Å². The molecular weight excluding hydrogens is 448 g/mol. The first-order valence-electron chi connectivity index (χ1n) is 11.0. The fourth-order valence-corrected chi connectivity index (χ4v) is 5.27. The van der Waals surface area contributed by atoms with Crippen LogP contribution in [0.1, 0.15) is 45.8 Å². The number of piperidine rings is 1. The van der Waals surface area contributed by atoms with Crippen LogP contribution in [-0.4, -0.2) is 32.3 Å². The molecule has 4 rings (SSSR count). The van der Waals surface area contributed by atoms with E-state index in [1.807, 2.05) is 35.2 Å². The topological polar surface area (TPSA) is 116 Å². The summed E-state index contributed by atoms with van der Waals surface area (Å²) in [7, 11) is -3.86. The number of anilines is 2. The van der Waals surface area contributed by atoms with Gasteiger partial charge in [-0.15, -0.1) is 0 Å². The molecule has 0 aliphatic carbocycles. The number of carbonyl (C=O) groups is 1. The molecule has 0 spiro atoms. The van der Waals surface area contributed by atoms with E-state index in [0.717, 1.165) is 18.5 Å². The van der Waals surface area contributed by atoms with E-state index in [4.69, 9.17) is 11.0 Å². The van der Waals surface area contributed by atoms with Gasteiger partial charge in [0.2, 0.25) is 0 Å². The molecule has 1 amide bonds. The lowest BCUT2D eigenvalue weighted by Gasteiger charge is -2.32. The molecule has 174 valence electrons. The van der Waals surface area contributed by atoms with Crippen molar-refractivity contribution in [2.24, 2.45) is 0 Å². The molecule has 0 bridgehead atoms. The van der Waals surface area contributed by atoms with Crippen molar-refractivity contribution >= 4 is 27.3 Å². The van der Waals surface area contributed by atoms with Crippen LogP contribution in [0.3, 0.4) is 0 Å². The number of nitriles is 1. The third-order valence-corrected chi connectivity index (χ3v) is 7.59. The van der Waals surface area contributed by atoms with Crippen LogP contribution in [0.25, 0.3) is 0 Å². The van der Waals surface area contributed by atoms with E-state index in [1.54, 1.807) is 25.1 Å². The Hall–Kier alpha value is -3.83. The molecule has 0 unspecified atom stereocenters. The number of sulfonamides is 1. The number of nitrogens with zero attached hydrogens (tertiary/aromatic N) is 2. The molecule has 3 N–H and O–H groups in total. The lowest BCUT2D eigenvalue weighted by Crippen LogP contribution is -2.38. The molecule has 0 atom stereocenters. The summed E-state index contributed by atoms with van der Waals surface area (Å²) in [4.78, 5) is 15.0. The lowest BCUT2D eigenvalue weighted by atomic mass is 9.89. The maximum atomic E-state index is 13.2. The van der Waals surface area contributed by atoms with Gasteiger partial charge in [-0.05, 0) is 85.3 Å². The number of amides is 1. The molecule has 0 aromatic heterocycles. The van der Waals surface area contributed by atoms with E-state index in [9.17, 15) is 13.2 Å². The number of likely N-dealkylation sites (tertiary alicyclic amines) is 1. The number of rotatable bonds is 5. The van der Waals surface area contributed by atoms with E-state index >= 15 is 0 Å². The molecular formula is C26H26N4O3S. The van der Waals surface area contributed by atoms with Gasteiger partial charge in [0.25, 0.3) is 15.9 Å². The second kappa shape index (κ2) is 9.57. The van der Waals surface area contributed by atoms with Crippen LogP contribution in [0.5, 0.6) is 0 Å². The standard InChI is InChI=1S/C26H26N4O3S/c1-18-2-5-22(16-25(18)29-34(32,33)24-10-3-19(17-27)4-11-24)26(31)30-14-12-21(13-15-30)20-6-8-23(28)9-7-20/h2-11,16,21,29H,12-15,28H2,1H3. The molecule has 8 heteroatoms. The fourth-order valence-electron chi connectivity index (χ4n) is 4.14. The number of carbonyl (C=O) groups excluding carboxylic acids is 1. The summed E-state index contributed by atoms with van der Waals surface area (Å²) < 4.78 is 28.2. The normalized spacial score (nSPS) is 14.4. The Morgan fingerprint density at radius 3 is 2.29 bits per heavy atom. The summed E-state index contributed by atoms with van der Waals surface area (Å²) in [5.41, 5.74) is 9.63. The smallest absolute Gasteiger partial charge is 0.261 e. The molecule has 1 aliphatic heterocycles. The second-order valence-electron chi connectivity index (χ2n) is 8.50. The van der Waals surface area contributed by atoms with E-state index in [1.165, 1.54) is 29.8 Å². The molecule has 3 aromatic carbocycles. The van der Waals surface area contributed by atoms with Crippen molar-refractivity contribution < 1.29 is 13.2 Å². The Morgan fingerprint density at radius 1 is 1.03 bits per heavy atom. The summed E-state index contributed by atoms with van der Waals surface area (Å²) in [5.74, 6) is 0.270. The van der Waals surface area contributed by atoms with Crippen molar-refractivity contribution in [3.8, 4) is 6.07 Å². The van der Waals surface area contributed by atoms with Crippen LogP contribution >= 0.6 is 0 Å². The summed E-state index contributed by atoms with van der Waals surface area (Å²) in [6.07, 6.45) is 1.72. The van der Waals surface area contributed by atoms with Gasteiger partial charge in [-0.3, -0.25) is 9.52 Å².